The third-order valence-corrected chi connectivity index (χ3v) is 5.04. The molecule has 1 amide bonds. The molecule has 0 atom stereocenters. The number of hydrogen-bond acceptors (Lipinski definition) is 5. The van der Waals surface area contributed by atoms with E-state index in [1.165, 1.54) is 12.4 Å². The zero-order chi connectivity index (χ0) is 19.5. The van der Waals surface area contributed by atoms with Crippen LogP contribution in [0.15, 0.2) is 36.9 Å². The van der Waals surface area contributed by atoms with Crippen LogP contribution in [0.2, 0.25) is 0 Å². The number of carbonyl (C=O) groups excluding carboxylic acids is 1. The van der Waals surface area contributed by atoms with Crippen LogP contribution in [-0.4, -0.2) is 43.5 Å². The maximum Gasteiger partial charge on any atom is 0.274 e. The van der Waals surface area contributed by atoms with E-state index in [0.717, 1.165) is 31.6 Å². The van der Waals surface area contributed by atoms with Crippen molar-refractivity contribution in [1.29, 1.82) is 0 Å². The van der Waals surface area contributed by atoms with Gasteiger partial charge in [-0.05, 0) is 50.6 Å². The van der Waals surface area contributed by atoms with Gasteiger partial charge in [0.1, 0.15) is 5.82 Å². The Morgan fingerprint density at radius 3 is 2.73 bits per heavy atom. The van der Waals surface area contributed by atoms with Crippen molar-refractivity contribution in [2.75, 3.05) is 13.1 Å². The highest BCUT2D eigenvalue weighted by Gasteiger charge is 2.22. The lowest BCUT2D eigenvalue weighted by Gasteiger charge is -2.23. The molecule has 0 radical (unpaired) electrons. The average Bonchev–Trinajstić information content (AvgIpc) is 3.37. The van der Waals surface area contributed by atoms with Crippen molar-refractivity contribution < 1.29 is 9.18 Å². The number of amides is 1. The number of carbonyl (C=O) groups is 1. The van der Waals surface area contributed by atoms with E-state index in [1.54, 1.807) is 29.1 Å². The van der Waals surface area contributed by atoms with Gasteiger partial charge in [0.05, 0.1) is 23.8 Å². The van der Waals surface area contributed by atoms with Crippen LogP contribution in [0, 0.1) is 12.7 Å². The molecule has 8 nitrogen and oxygen atoms in total. The summed E-state index contributed by atoms with van der Waals surface area (Å²) in [5.74, 6) is -0.686. The zero-order valence-corrected chi connectivity index (χ0v) is 18.0. The Morgan fingerprint density at radius 2 is 2.07 bits per heavy atom. The van der Waals surface area contributed by atoms with Gasteiger partial charge in [-0.1, -0.05) is 11.3 Å². The van der Waals surface area contributed by atoms with Crippen LogP contribution >= 0.6 is 24.8 Å². The van der Waals surface area contributed by atoms with Gasteiger partial charge in [-0.2, -0.15) is 0 Å². The number of aromatic nitrogens is 5. The molecule has 2 N–H and O–H groups in total. The SMILES string of the molecule is Cc1c(C(=O)NCc2ccc(-n3ccnc3)c(F)c2)nnn1C1CCNCC1.Cl.Cl. The first-order valence-electron chi connectivity index (χ1n) is 9.31. The fourth-order valence-corrected chi connectivity index (χ4v) is 3.49. The van der Waals surface area contributed by atoms with Crippen molar-refractivity contribution in [2.24, 2.45) is 0 Å². The summed E-state index contributed by atoms with van der Waals surface area (Å²) in [4.78, 5) is 16.4. The summed E-state index contributed by atoms with van der Waals surface area (Å²) in [5.41, 5.74) is 2.14. The van der Waals surface area contributed by atoms with Gasteiger partial charge < -0.3 is 15.2 Å². The molecule has 0 saturated carbocycles. The molecule has 3 heterocycles. The molecule has 1 aliphatic rings. The number of benzene rings is 1. The Morgan fingerprint density at radius 1 is 1.30 bits per heavy atom. The van der Waals surface area contributed by atoms with E-state index < -0.39 is 0 Å². The second-order valence-corrected chi connectivity index (χ2v) is 6.89. The standard InChI is InChI=1S/C19H22FN7O.2ClH/c1-13-18(24-25-27(13)15-4-6-21-7-5-15)19(28)23-11-14-2-3-17(16(20)10-14)26-9-8-22-12-26;;/h2-3,8-10,12,15,21H,4-7,11H2,1H3,(H,23,28);2*1H. The summed E-state index contributed by atoms with van der Waals surface area (Å²) in [6.07, 6.45) is 6.73. The first-order chi connectivity index (χ1) is 13.6. The van der Waals surface area contributed by atoms with E-state index in [1.807, 2.05) is 11.6 Å². The Kier molecular flexibility index (Phi) is 8.33. The van der Waals surface area contributed by atoms with Crippen LogP contribution in [0.4, 0.5) is 4.39 Å². The molecule has 1 aromatic carbocycles. The minimum absolute atomic E-state index is 0. The molecule has 30 heavy (non-hydrogen) atoms. The summed E-state index contributed by atoms with van der Waals surface area (Å²) in [6.45, 7) is 3.94. The molecule has 0 bridgehead atoms. The largest absolute Gasteiger partial charge is 0.347 e. The average molecular weight is 456 g/mol. The van der Waals surface area contributed by atoms with Crippen molar-refractivity contribution in [3.63, 3.8) is 0 Å². The molecule has 0 unspecified atom stereocenters. The molecule has 0 spiro atoms. The first-order valence-corrected chi connectivity index (χ1v) is 9.31. The lowest BCUT2D eigenvalue weighted by Crippen LogP contribution is -2.30. The number of rotatable bonds is 5. The van der Waals surface area contributed by atoms with Gasteiger partial charge in [-0.15, -0.1) is 29.9 Å². The van der Waals surface area contributed by atoms with E-state index in [4.69, 9.17) is 0 Å². The Balaban J connectivity index is 0.00000160. The van der Waals surface area contributed by atoms with Crippen LogP contribution < -0.4 is 10.6 Å². The topological polar surface area (TPSA) is 89.7 Å². The molecule has 3 aromatic rings. The van der Waals surface area contributed by atoms with Crippen molar-refractivity contribution in [3.8, 4) is 5.69 Å². The maximum atomic E-state index is 14.3. The van der Waals surface area contributed by atoms with Gasteiger partial charge in [0.2, 0.25) is 0 Å². The van der Waals surface area contributed by atoms with Crippen LogP contribution in [0.5, 0.6) is 0 Å². The zero-order valence-electron chi connectivity index (χ0n) is 16.4. The van der Waals surface area contributed by atoms with Crippen molar-refractivity contribution in [1.82, 2.24) is 35.2 Å². The van der Waals surface area contributed by atoms with Crippen LogP contribution in [0.25, 0.3) is 5.69 Å². The second kappa shape index (κ2) is 10.5. The van der Waals surface area contributed by atoms with Gasteiger partial charge in [0.15, 0.2) is 5.69 Å². The summed E-state index contributed by atoms with van der Waals surface area (Å²) in [7, 11) is 0. The number of piperidine rings is 1. The number of halogens is 3. The molecule has 162 valence electrons. The molecule has 2 aromatic heterocycles. The van der Waals surface area contributed by atoms with E-state index in [-0.39, 0.29) is 49.1 Å². The van der Waals surface area contributed by atoms with Crippen molar-refractivity contribution in [2.45, 2.75) is 32.4 Å². The van der Waals surface area contributed by atoms with Crippen molar-refractivity contribution >= 4 is 30.7 Å². The second-order valence-electron chi connectivity index (χ2n) is 6.89. The fourth-order valence-electron chi connectivity index (χ4n) is 3.49. The fraction of sp³-hybridized carbons (Fsp3) is 0.368. The number of imidazole rings is 1. The molecular weight excluding hydrogens is 432 g/mol. The van der Waals surface area contributed by atoms with Crippen molar-refractivity contribution in [3.05, 3.63) is 59.7 Å². The van der Waals surface area contributed by atoms with Crippen LogP contribution in [-0.2, 0) is 6.54 Å². The number of nitrogens with one attached hydrogen (secondary N) is 2. The minimum Gasteiger partial charge on any atom is -0.347 e. The number of nitrogens with zero attached hydrogens (tertiary/aromatic N) is 5. The molecule has 1 aliphatic heterocycles. The Labute approximate surface area is 186 Å². The minimum atomic E-state index is -0.377. The molecular formula is C19H24Cl2FN7O. The quantitative estimate of drug-likeness (QED) is 0.616. The van der Waals surface area contributed by atoms with Gasteiger partial charge in [0.25, 0.3) is 5.91 Å². The summed E-state index contributed by atoms with van der Waals surface area (Å²) in [6, 6.07) is 5.11. The maximum absolute atomic E-state index is 14.3. The van der Waals surface area contributed by atoms with E-state index in [2.05, 4.69) is 25.9 Å². The molecule has 4 rings (SSSR count). The van der Waals surface area contributed by atoms with Gasteiger partial charge >= 0.3 is 0 Å². The van der Waals surface area contributed by atoms with Crippen LogP contribution in [0.1, 0.15) is 40.6 Å². The summed E-state index contributed by atoms with van der Waals surface area (Å²) in [5, 5.41) is 14.4. The van der Waals surface area contributed by atoms with Gasteiger partial charge in [0, 0.05) is 18.9 Å². The van der Waals surface area contributed by atoms with Crippen LogP contribution in [0.3, 0.4) is 0 Å². The monoisotopic (exact) mass is 455 g/mol. The predicted octanol–water partition coefficient (Wildman–Crippen LogP) is 2.61. The highest BCUT2D eigenvalue weighted by atomic mass is 35.5. The smallest absolute Gasteiger partial charge is 0.274 e. The Bertz CT molecular complexity index is 971. The number of hydrogen-bond donors (Lipinski definition) is 2. The van der Waals surface area contributed by atoms with E-state index >= 15 is 0 Å². The highest BCUT2D eigenvalue weighted by Crippen LogP contribution is 2.20. The predicted molar refractivity (Wildman–Crippen MR) is 115 cm³/mol. The third kappa shape index (κ3) is 4.97. The summed E-state index contributed by atoms with van der Waals surface area (Å²) < 4.78 is 17.8. The lowest BCUT2D eigenvalue weighted by atomic mass is 10.1. The molecule has 0 aliphatic carbocycles. The first kappa shape index (κ1) is 23.8. The lowest BCUT2D eigenvalue weighted by molar-refractivity contribution is 0.0945. The van der Waals surface area contributed by atoms with Gasteiger partial charge in [-0.3, -0.25) is 4.79 Å². The normalized spacial score (nSPS) is 13.9. The highest BCUT2D eigenvalue weighted by molar-refractivity contribution is 5.93. The molecule has 1 fully saturated rings. The van der Waals surface area contributed by atoms with E-state index in [0.29, 0.717) is 16.9 Å². The third-order valence-electron chi connectivity index (χ3n) is 5.04. The van der Waals surface area contributed by atoms with Gasteiger partial charge in [-0.25, -0.2) is 14.1 Å². The summed E-state index contributed by atoms with van der Waals surface area (Å²) >= 11 is 0. The molecule has 1 saturated heterocycles. The Hall–Kier alpha value is -2.49. The molecule has 11 heteroatoms. The van der Waals surface area contributed by atoms with E-state index in [9.17, 15) is 9.18 Å².